The lowest BCUT2D eigenvalue weighted by molar-refractivity contribution is -0.0467. The second-order valence-corrected chi connectivity index (χ2v) is 6.25. The molecule has 1 aromatic carbocycles. The van der Waals surface area contributed by atoms with Gasteiger partial charge in [-0.2, -0.15) is 9.49 Å². The van der Waals surface area contributed by atoms with Gasteiger partial charge in [0.2, 0.25) is 11.4 Å². The molecule has 0 aliphatic carbocycles. The fourth-order valence-electron chi connectivity index (χ4n) is 3.36. The molecule has 0 unspecified atom stereocenters. The molecule has 4 heterocycles. The number of rotatable bonds is 3. The van der Waals surface area contributed by atoms with E-state index in [9.17, 15) is 13.6 Å². The summed E-state index contributed by atoms with van der Waals surface area (Å²) in [5.74, 6) is -1.99. The fraction of sp³-hybridized carbons (Fsp3) is 0.375. The number of halogens is 2. The van der Waals surface area contributed by atoms with E-state index >= 15 is 0 Å². The second-order valence-electron chi connectivity index (χ2n) is 6.25. The van der Waals surface area contributed by atoms with Crippen LogP contribution in [-0.2, 0) is 21.3 Å². The van der Waals surface area contributed by atoms with Gasteiger partial charge < -0.3 is 18.7 Å². The first-order chi connectivity index (χ1) is 13.6. The predicted octanol–water partition coefficient (Wildman–Crippen LogP) is 1.98. The zero-order valence-corrected chi connectivity index (χ0v) is 14.5. The van der Waals surface area contributed by atoms with Gasteiger partial charge in [-0.3, -0.25) is 4.68 Å². The third-order valence-corrected chi connectivity index (χ3v) is 4.68. The molecule has 1 atom stereocenters. The number of aromatic nitrogens is 4. The summed E-state index contributed by atoms with van der Waals surface area (Å²) in [5, 5.41) is 7.86. The van der Waals surface area contributed by atoms with Gasteiger partial charge >= 0.3 is 6.09 Å². The van der Waals surface area contributed by atoms with Crippen molar-refractivity contribution in [2.45, 2.75) is 12.3 Å². The number of ether oxygens (including phenoxy) is 3. The minimum atomic E-state index is -1.24. The number of hydrogen-bond donors (Lipinski definition) is 0. The summed E-state index contributed by atoms with van der Waals surface area (Å²) in [4.78, 5) is 17.7. The summed E-state index contributed by atoms with van der Waals surface area (Å²) in [5.41, 5.74) is -0.569. The molecule has 12 heteroatoms. The lowest BCUT2D eigenvalue weighted by Crippen LogP contribution is -2.29. The molecular weight excluding hydrogens is 380 g/mol. The molecule has 0 radical (unpaired) electrons. The normalized spacial score (nSPS) is 20.5. The third kappa shape index (κ3) is 2.38. The maximum Gasteiger partial charge on any atom is 0.416 e. The Morgan fingerprint density at radius 3 is 2.71 bits per heavy atom. The summed E-state index contributed by atoms with van der Waals surface area (Å²) in [6.45, 7) is 0.505. The first-order valence-electron chi connectivity index (χ1n) is 8.36. The lowest BCUT2D eigenvalue weighted by atomic mass is 10.1. The van der Waals surface area contributed by atoms with E-state index in [1.807, 2.05) is 0 Å². The number of nitrogens with zero attached hydrogens (tertiary/aromatic N) is 5. The van der Waals surface area contributed by atoms with Gasteiger partial charge in [-0.25, -0.2) is 19.1 Å². The van der Waals surface area contributed by atoms with Crippen molar-refractivity contribution in [1.82, 2.24) is 19.9 Å². The third-order valence-electron chi connectivity index (χ3n) is 4.68. The second kappa shape index (κ2) is 6.21. The van der Waals surface area contributed by atoms with Crippen LogP contribution in [0.5, 0.6) is 0 Å². The van der Waals surface area contributed by atoms with Crippen LogP contribution in [0.15, 0.2) is 16.9 Å². The van der Waals surface area contributed by atoms with E-state index in [1.165, 1.54) is 22.0 Å². The van der Waals surface area contributed by atoms with E-state index in [1.54, 1.807) is 7.05 Å². The summed E-state index contributed by atoms with van der Waals surface area (Å²) in [6.07, 6.45) is -0.441. The first-order valence-corrected chi connectivity index (χ1v) is 8.36. The van der Waals surface area contributed by atoms with E-state index in [0.29, 0.717) is 5.82 Å². The molecule has 0 spiro atoms. The van der Waals surface area contributed by atoms with E-state index in [0.717, 1.165) is 0 Å². The highest BCUT2D eigenvalue weighted by Gasteiger charge is 2.41. The molecule has 2 aromatic heterocycles. The van der Waals surface area contributed by atoms with Gasteiger partial charge in [0.25, 0.3) is 0 Å². The number of aryl methyl sites for hydroxylation is 1. The largest absolute Gasteiger partial charge is 0.446 e. The van der Waals surface area contributed by atoms with Crippen LogP contribution < -0.4 is 4.90 Å². The monoisotopic (exact) mass is 393 g/mol. The highest BCUT2D eigenvalue weighted by atomic mass is 19.2. The number of carbonyl (C=O) groups excluding carboxylic acids is 1. The standard InChI is InChI=1S/C16H13F2N5O5/c1-22-14(19-6-20-22)9-5-27-16(24)23(9)13-8-4-7(15-25-2-3-26-15)10(17)11(18)12(8)28-21-13/h4,6,9,15H,2-3,5H2,1H3/t9-/m1/s1. The van der Waals surface area contributed by atoms with E-state index in [2.05, 4.69) is 15.2 Å². The van der Waals surface area contributed by atoms with Crippen molar-refractivity contribution in [2.24, 2.45) is 7.05 Å². The van der Waals surface area contributed by atoms with Crippen LogP contribution in [0, 0.1) is 11.6 Å². The van der Waals surface area contributed by atoms with Gasteiger partial charge in [0.05, 0.1) is 18.6 Å². The average Bonchev–Trinajstić information content (AvgIpc) is 3.45. The van der Waals surface area contributed by atoms with Gasteiger partial charge in [0.15, 0.2) is 23.7 Å². The van der Waals surface area contributed by atoms with Gasteiger partial charge in [0, 0.05) is 12.6 Å². The SMILES string of the molecule is Cn1ncnc1[C@H]1COC(=O)N1c1noc2c(F)c(F)c(C3OCCO3)cc12. The van der Waals surface area contributed by atoms with Gasteiger partial charge in [-0.15, -0.1) is 0 Å². The molecule has 146 valence electrons. The zero-order valence-electron chi connectivity index (χ0n) is 14.5. The topological polar surface area (TPSA) is 105 Å². The Bertz CT molecular complexity index is 1080. The molecule has 3 aromatic rings. The average molecular weight is 393 g/mol. The molecule has 1 amide bonds. The van der Waals surface area contributed by atoms with Crippen LogP contribution in [0.4, 0.5) is 19.4 Å². The summed E-state index contributed by atoms with van der Waals surface area (Å²) in [7, 11) is 1.66. The summed E-state index contributed by atoms with van der Waals surface area (Å²) >= 11 is 0. The Balaban J connectivity index is 1.66. The van der Waals surface area contributed by atoms with E-state index in [4.69, 9.17) is 18.7 Å². The molecule has 2 aliphatic heterocycles. The predicted molar refractivity (Wildman–Crippen MR) is 86.1 cm³/mol. The number of anilines is 1. The number of cyclic esters (lactones) is 1. The van der Waals surface area contributed by atoms with Crippen molar-refractivity contribution < 1.29 is 32.3 Å². The smallest absolute Gasteiger partial charge is 0.416 e. The first kappa shape index (κ1) is 17.0. The Morgan fingerprint density at radius 2 is 2.00 bits per heavy atom. The van der Waals surface area contributed by atoms with Crippen molar-refractivity contribution in [2.75, 3.05) is 24.7 Å². The Morgan fingerprint density at radius 1 is 1.21 bits per heavy atom. The quantitative estimate of drug-likeness (QED) is 0.665. The number of fused-ring (bicyclic) bond motifs is 1. The molecule has 2 saturated heterocycles. The molecule has 0 saturated carbocycles. The van der Waals surface area contributed by atoms with Crippen LogP contribution in [0.2, 0.25) is 0 Å². The molecule has 10 nitrogen and oxygen atoms in total. The zero-order chi connectivity index (χ0) is 19.4. The minimum absolute atomic E-state index is 0.00883. The van der Waals surface area contributed by atoms with Crippen molar-refractivity contribution in [3.05, 3.63) is 35.4 Å². The summed E-state index contributed by atoms with van der Waals surface area (Å²) in [6, 6.07) is 0.637. The fourth-order valence-corrected chi connectivity index (χ4v) is 3.36. The highest BCUT2D eigenvalue weighted by Crippen LogP contribution is 2.39. The highest BCUT2D eigenvalue weighted by molar-refractivity contribution is 5.99. The minimum Gasteiger partial charge on any atom is -0.446 e. The van der Waals surface area contributed by atoms with Crippen molar-refractivity contribution in [1.29, 1.82) is 0 Å². The Hall–Kier alpha value is -3.12. The van der Waals surface area contributed by atoms with Crippen LogP contribution in [0.3, 0.4) is 0 Å². The molecule has 0 N–H and O–H groups in total. The summed E-state index contributed by atoms with van der Waals surface area (Å²) < 4.78 is 51.2. The lowest BCUT2D eigenvalue weighted by Gasteiger charge is -2.18. The van der Waals surface area contributed by atoms with Gasteiger partial charge in [-0.1, -0.05) is 5.16 Å². The maximum absolute atomic E-state index is 14.6. The molecule has 0 bridgehead atoms. The van der Waals surface area contributed by atoms with Crippen molar-refractivity contribution in [3.8, 4) is 0 Å². The van der Waals surface area contributed by atoms with Gasteiger partial charge in [0.1, 0.15) is 19.0 Å². The molecular formula is C16H13F2N5O5. The van der Waals surface area contributed by atoms with Crippen LogP contribution in [0.25, 0.3) is 11.0 Å². The van der Waals surface area contributed by atoms with Crippen LogP contribution in [0.1, 0.15) is 23.7 Å². The molecule has 5 rings (SSSR count). The molecule has 2 fully saturated rings. The van der Waals surface area contributed by atoms with Gasteiger partial charge in [-0.05, 0) is 6.07 Å². The van der Waals surface area contributed by atoms with Crippen LogP contribution in [-0.4, -0.2) is 45.8 Å². The van der Waals surface area contributed by atoms with E-state index < -0.39 is 35.6 Å². The number of benzene rings is 1. The van der Waals surface area contributed by atoms with Crippen molar-refractivity contribution in [3.63, 3.8) is 0 Å². The van der Waals surface area contributed by atoms with Crippen molar-refractivity contribution >= 4 is 22.9 Å². The molecule has 28 heavy (non-hydrogen) atoms. The number of hydrogen-bond acceptors (Lipinski definition) is 8. The maximum atomic E-state index is 14.6. The Kier molecular flexibility index (Phi) is 3.77. The van der Waals surface area contributed by atoms with Crippen LogP contribution >= 0.6 is 0 Å². The molecule has 2 aliphatic rings. The number of carbonyl (C=O) groups is 1. The Labute approximate surface area is 155 Å². The number of amides is 1. The van der Waals surface area contributed by atoms with E-state index in [-0.39, 0.29) is 36.6 Å².